The van der Waals surface area contributed by atoms with Crippen molar-refractivity contribution in [3.8, 4) is 0 Å². The maximum absolute atomic E-state index is 12.1. The number of fused-ring (bicyclic) bond motifs is 1. The van der Waals surface area contributed by atoms with Crippen molar-refractivity contribution >= 4 is 34.2 Å². The third-order valence-electron chi connectivity index (χ3n) is 3.86. The molecule has 0 aliphatic carbocycles. The van der Waals surface area contributed by atoms with Gasteiger partial charge in [-0.25, -0.2) is 5.01 Å². The van der Waals surface area contributed by atoms with Gasteiger partial charge in [-0.3, -0.25) is 4.79 Å². The average Bonchev–Trinajstić information content (AvgIpc) is 3.30. The van der Waals surface area contributed by atoms with E-state index >= 15 is 0 Å². The van der Waals surface area contributed by atoms with Crippen LogP contribution >= 0.6 is 11.6 Å². The van der Waals surface area contributed by atoms with E-state index in [0.717, 1.165) is 11.0 Å². The van der Waals surface area contributed by atoms with Gasteiger partial charge in [0, 0.05) is 11.8 Å². The highest BCUT2D eigenvalue weighted by atomic mass is 35.5. The molecule has 0 unspecified atom stereocenters. The fraction of sp³-hybridized carbons (Fsp3) is 0.176. The van der Waals surface area contributed by atoms with Crippen LogP contribution in [0.1, 0.15) is 24.0 Å². The van der Waals surface area contributed by atoms with Crippen molar-refractivity contribution < 1.29 is 13.6 Å². The lowest BCUT2D eigenvalue weighted by atomic mass is 10.1. The highest BCUT2D eigenvalue weighted by molar-refractivity contribution is 6.27. The summed E-state index contributed by atoms with van der Waals surface area (Å²) in [4.78, 5) is 12.1. The topological polar surface area (TPSA) is 59.0 Å². The van der Waals surface area contributed by atoms with Crippen LogP contribution in [0.2, 0.25) is 0 Å². The Morgan fingerprint density at radius 1 is 1.30 bits per heavy atom. The Balaban J connectivity index is 1.72. The fourth-order valence-electron chi connectivity index (χ4n) is 2.78. The number of rotatable bonds is 3. The Morgan fingerprint density at radius 3 is 2.91 bits per heavy atom. The van der Waals surface area contributed by atoms with Crippen LogP contribution in [0.4, 0.5) is 0 Å². The predicted molar refractivity (Wildman–Crippen MR) is 86.4 cm³/mol. The number of halogens is 1. The van der Waals surface area contributed by atoms with E-state index in [9.17, 15) is 4.79 Å². The number of alkyl halides is 1. The molecule has 3 heterocycles. The van der Waals surface area contributed by atoms with Crippen LogP contribution in [0.15, 0.2) is 62.7 Å². The molecular formula is C17H13ClN2O3. The van der Waals surface area contributed by atoms with Crippen molar-refractivity contribution in [2.75, 3.05) is 5.88 Å². The molecule has 1 aromatic carbocycles. The van der Waals surface area contributed by atoms with Crippen molar-refractivity contribution in [3.05, 3.63) is 60.2 Å². The van der Waals surface area contributed by atoms with Gasteiger partial charge in [0.05, 0.1) is 6.26 Å². The number of hydrogen-bond donors (Lipinski definition) is 0. The molecule has 1 aliphatic heterocycles. The number of furan rings is 2. The second kappa shape index (κ2) is 5.59. The first-order valence-corrected chi connectivity index (χ1v) is 7.77. The van der Waals surface area contributed by atoms with Gasteiger partial charge < -0.3 is 8.83 Å². The summed E-state index contributed by atoms with van der Waals surface area (Å²) in [6.45, 7) is 0. The number of benzene rings is 1. The van der Waals surface area contributed by atoms with Crippen LogP contribution in [-0.2, 0) is 4.79 Å². The second-order valence-electron chi connectivity index (χ2n) is 5.30. The van der Waals surface area contributed by atoms with Crippen molar-refractivity contribution in [2.24, 2.45) is 5.10 Å². The van der Waals surface area contributed by atoms with Crippen LogP contribution in [-0.4, -0.2) is 22.5 Å². The number of amides is 1. The SMILES string of the molecule is O=C(CCl)N1N=C(c2cc3ccccc3o2)C[C@@H]1c1ccco1. The summed E-state index contributed by atoms with van der Waals surface area (Å²) in [6.07, 6.45) is 2.10. The number of hydrazone groups is 1. The lowest BCUT2D eigenvalue weighted by Crippen LogP contribution is -2.27. The maximum Gasteiger partial charge on any atom is 0.258 e. The summed E-state index contributed by atoms with van der Waals surface area (Å²) in [5.74, 6) is 0.943. The van der Waals surface area contributed by atoms with E-state index < -0.39 is 0 Å². The van der Waals surface area contributed by atoms with E-state index in [2.05, 4.69) is 5.10 Å². The van der Waals surface area contributed by atoms with Crippen molar-refractivity contribution in [3.63, 3.8) is 0 Å². The quantitative estimate of drug-likeness (QED) is 0.684. The van der Waals surface area contributed by atoms with Crippen LogP contribution in [0, 0.1) is 0 Å². The summed E-state index contributed by atoms with van der Waals surface area (Å²) < 4.78 is 11.3. The van der Waals surface area contributed by atoms with E-state index in [1.54, 1.807) is 12.3 Å². The lowest BCUT2D eigenvalue weighted by Gasteiger charge is -2.18. The highest BCUT2D eigenvalue weighted by Crippen LogP contribution is 2.34. The van der Waals surface area contributed by atoms with Crippen LogP contribution in [0.3, 0.4) is 0 Å². The number of nitrogens with zero attached hydrogens (tertiary/aromatic N) is 2. The molecule has 5 nitrogen and oxygen atoms in total. The summed E-state index contributed by atoms with van der Waals surface area (Å²) in [5.41, 5.74) is 1.50. The Morgan fingerprint density at radius 2 is 2.17 bits per heavy atom. The highest BCUT2D eigenvalue weighted by Gasteiger charge is 2.35. The van der Waals surface area contributed by atoms with Crippen LogP contribution < -0.4 is 0 Å². The summed E-state index contributed by atoms with van der Waals surface area (Å²) in [6, 6.07) is 13.0. The molecule has 2 aromatic heterocycles. The largest absolute Gasteiger partial charge is 0.467 e. The van der Waals surface area contributed by atoms with E-state index in [0.29, 0.717) is 23.7 Å². The summed E-state index contributed by atoms with van der Waals surface area (Å²) >= 11 is 5.70. The smallest absolute Gasteiger partial charge is 0.258 e. The molecule has 1 amide bonds. The lowest BCUT2D eigenvalue weighted by molar-refractivity contribution is -0.130. The molecule has 0 spiro atoms. The molecule has 0 radical (unpaired) electrons. The molecule has 116 valence electrons. The zero-order valence-corrected chi connectivity index (χ0v) is 12.9. The first kappa shape index (κ1) is 14.1. The van der Waals surface area contributed by atoms with E-state index in [4.69, 9.17) is 20.4 Å². The zero-order chi connectivity index (χ0) is 15.8. The first-order valence-electron chi connectivity index (χ1n) is 7.24. The summed E-state index contributed by atoms with van der Waals surface area (Å²) in [7, 11) is 0. The third kappa shape index (κ3) is 2.43. The van der Waals surface area contributed by atoms with Gasteiger partial charge in [-0.1, -0.05) is 18.2 Å². The van der Waals surface area contributed by atoms with Crippen LogP contribution in [0.25, 0.3) is 11.0 Å². The van der Waals surface area contributed by atoms with Crippen LogP contribution in [0.5, 0.6) is 0 Å². The molecule has 1 atom stereocenters. The molecule has 0 N–H and O–H groups in total. The number of carbonyl (C=O) groups excluding carboxylic acids is 1. The Bertz CT molecular complexity index is 849. The first-order chi connectivity index (χ1) is 11.3. The minimum Gasteiger partial charge on any atom is -0.467 e. The van der Waals surface area contributed by atoms with Gasteiger partial charge in [-0.05, 0) is 24.3 Å². The van der Waals surface area contributed by atoms with Crippen molar-refractivity contribution in [1.29, 1.82) is 0 Å². The monoisotopic (exact) mass is 328 g/mol. The number of carbonyl (C=O) groups is 1. The molecule has 23 heavy (non-hydrogen) atoms. The predicted octanol–water partition coefficient (Wildman–Crippen LogP) is 3.94. The number of para-hydroxylation sites is 1. The Kier molecular flexibility index (Phi) is 3.42. The fourth-order valence-corrected chi connectivity index (χ4v) is 2.90. The normalized spacial score (nSPS) is 17.7. The molecule has 6 heteroatoms. The van der Waals surface area contributed by atoms with Gasteiger partial charge in [0.2, 0.25) is 0 Å². The van der Waals surface area contributed by atoms with Gasteiger partial charge >= 0.3 is 0 Å². The zero-order valence-electron chi connectivity index (χ0n) is 12.1. The molecule has 0 saturated carbocycles. The standard InChI is InChI=1S/C17H13ClN2O3/c18-10-17(21)20-13(15-6-3-7-22-15)9-12(19-20)16-8-11-4-1-2-5-14(11)23-16/h1-8,13H,9-10H2/t13-/m1/s1. The summed E-state index contributed by atoms with van der Waals surface area (Å²) in [5, 5.41) is 6.81. The van der Waals surface area contributed by atoms with Gasteiger partial charge in [0.15, 0.2) is 5.76 Å². The molecule has 4 rings (SSSR count). The molecule has 1 aliphatic rings. The third-order valence-corrected chi connectivity index (χ3v) is 4.09. The molecule has 0 fully saturated rings. The maximum atomic E-state index is 12.1. The molecule has 0 saturated heterocycles. The second-order valence-corrected chi connectivity index (χ2v) is 5.57. The van der Waals surface area contributed by atoms with Crippen molar-refractivity contribution in [2.45, 2.75) is 12.5 Å². The van der Waals surface area contributed by atoms with Gasteiger partial charge in [0.1, 0.15) is 29.0 Å². The van der Waals surface area contributed by atoms with Gasteiger partial charge in [-0.2, -0.15) is 5.10 Å². The van der Waals surface area contributed by atoms with E-state index in [1.807, 2.05) is 36.4 Å². The Hall–Kier alpha value is -2.53. The van der Waals surface area contributed by atoms with Crippen molar-refractivity contribution in [1.82, 2.24) is 5.01 Å². The molecule has 0 bridgehead atoms. The van der Waals surface area contributed by atoms with Gasteiger partial charge in [-0.15, -0.1) is 11.6 Å². The average molecular weight is 329 g/mol. The molecule has 3 aromatic rings. The minimum absolute atomic E-state index is 0.131. The number of hydrogen-bond acceptors (Lipinski definition) is 4. The molecular weight excluding hydrogens is 316 g/mol. The van der Waals surface area contributed by atoms with E-state index in [-0.39, 0.29) is 17.8 Å². The van der Waals surface area contributed by atoms with Gasteiger partial charge in [0.25, 0.3) is 5.91 Å². The van der Waals surface area contributed by atoms with E-state index in [1.165, 1.54) is 5.01 Å². The minimum atomic E-state index is -0.292. The Labute approximate surface area is 137 Å².